The Morgan fingerprint density at radius 1 is 0.633 bits per heavy atom. The summed E-state index contributed by atoms with van der Waals surface area (Å²) in [5.41, 5.74) is 4.58. The van der Waals surface area contributed by atoms with Gasteiger partial charge in [-0.15, -0.1) is 0 Å². The van der Waals surface area contributed by atoms with E-state index < -0.39 is 11.4 Å². The SMILES string of the molecule is COc1ccc(-c2nc3c(O)cc(C45OCC(C)(C)C4(C(C)(C)C)OO5)cc3o2)cc1.COc1ccc(-c2nc3c(O)cc(C4=C(C(C)(C)C)C(C)(C)CO4)cc3o2)cc1. The van der Waals surface area contributed by atoms with Crippen LogP contribution in [0.5, 0.6) is 23.0 Å². The monoisotopic (exact) mass is 818 g/mol. The van der Waals surface area contributed by atoms with Crippen molar-refractivity contribution in [3.8, 4) is 45.9 Å². The van der Waals surface area contributed by atoms with Crippen LogP contribution < -0.4 is 9.47 Å². The number of oxazole rings is 2. The number of fused-ring (bicyclic) bond motifs is 3. The number of aromatic nitrogens is 2. The zero-order valence-electron chi connectivity index (χ0n) is 36.4. The lowest BCUT2D eigenvalue weighted by Gasteiger charge is -2.61. The van der Waals surface area contributed by atoms with Gasteiger partial charge in [-0.3, -0.25) is 0 Å². The van der Waals surface area contributed by atoms with Gasteiger partial charge in [0.05, 0.1) is 27.4 Å². The van der Waals surface area contributed by atoms with Gasteiger partial charge < -0.3 is 38.0 Å². The number of rotatable bonds is 6. The maximum Gasteiger partial charge on any atom is 0.261 e. The van der Waals surface area contributed by atoms with E-state index in [1.807, 2.05) is 60.7 Å². The number of ether oxygens (including phenoxy) is 4. The van der Waals surface area contributed by atoms with E-state index in [2.05, 4.69) is 79.2 Å². The number of phenols is 2. The van der Waals surface area contributed by atoms with Crippen LogP contribution in [0.1, 0.15) is 80.4 Å². The van der Waals surface area contributed by atoms with E-state index >= 15 is 0 Å². The molecule has 316 valence electrons. The van der Waals surface area contributed by atoms with Gasteiger partial charge in [-0.05, 0) is 83.8 Å². The molecule has 0 saturated carbocycles. The van der Waals surface area contributed by atoms with E-state index in [1.54, 1.807) is 26.4 Å². The molecule has 3 aliphatic heterocycles. The van der Waals surface area contributed by atoms with Crippen molar-refractivity contribution in [1.29, 1.82) is 0 Å². The molecule has 0 bridgehead atoms. The standard InChI is InChI=1S/C24H27NO6.C24H27NO4/c1-21(2,3)24-22(4,5)13-28-23(24,30-31-24)15-11-17(26)19-18(12-15)29-20(25-19)14-7-9-16(27-6)10-8-14;1-23(2,3)21-20(28-13-24(21,4)5)15-11-17(26)19-18(12-15)29-22(25-19)14-7-9-16(27-6)10-8-14/h7-12,26H,13H2,1-6H3;7-12,26H,13H2,1-6H3. The Morgan fingerprint density at radius 3 is 1.62 bits per heavy atom. The maximum absolute atomic E-state index is 10.8. The quantitative estimate of drug-likeness (QED) is 0.154. The first kappa shape index (κ1) is 41.2. The minimum atomic E-state index is -1.15. The number of hydrogen-bond donors (Lipinski definition) is 2. The molecule has 12 nitrogen and oxygen atoms in total. The van der Waals surface area contributed by atoms with Crippen molar-refractivity contribution in [3.05, 3.63) is 89.5 Å². The van der Waals surface area contributed by atoms with Crippen molar-refractivity contribution in [2.45, 2.75) is 80.6 Å². The van der Waals surface area contributed by atoms with Gasteiger partial charge in [0.15, 0.2) is 27.8 Å². The summed E-state index contributed by atoms with van der Waals surface area (Å²) in [5, 5.41) is 21.5. The van der Waals surface area contributed by atoms with Gasteiger partial charge in [0.25, 0.3) is 5.79 Å². The molecule has 2 fully saturated rings. The molecular formula is C48H54N2O10. The van der Waals surface area contributed by atoms with Crippen LogP contribution in [0.3, 0.4) is 0 Å². The van der Waals surface area contributed by atoms with E-state index in [4.69, 9.17) is 37.6 Å². The number of methoxy groups -OCH3 is 2. The largest absolute Gasteiger partial charge is 0.506 e. The molecule has 5 heterocycles. The van der Waals surface area contributed by atoms with E-state index in [0.29, 0.717) is 52.8 Å². The third-order valence-electron chi connectivity index (χ3n) is 11.9. The molecule has 2 saturated heterocycles. The average molecular weight is 819 g/mol. The van der Waals surface area contributed by atoms with Crippen LogP contribution in [-0.2, 0) is 25.0 Å². The second-order valence-electron chi connectivity index (χ2n) is 19.2. The normalized spacial score (nSPS) is 21.9. The topological polar surface area (TPSA) is 148 Å². The summed E-state index contributed by atoms with van der Waals surface area (Å²) in [4.78, 5) is 20.5. The number of phenolic OH excluding ortho intramolecular Hbond substituents is 2. The number of aromatic hydroxyl groups is 2. The molecule has 9 rings (SSSR count). The predicted molar refractivity (Wildman–Crippen MR) is 227 cm³/mol. The molecule has 2 unspecified atom stereocenters. The highest BCUT2D eigenvalue weighted by atomic mass is 17.3. The summed E-state index contributed by atoms with van der Waals surface area (Å²) in [7, 11) is 3.24. The molecule has 4 aromatic carbocycles. The summed E-state index contributed by atoms with van der Waals surface area (Å²) in [6, 6.07) is 21.9. The fraction of sp³-hybridized carbons (Fsp3) is 0.417. The van der Waals surface area contributed by atoms with Crippen molar-refractivity contribution < 1.29 is 47.8 Å². The molecule has 0 aliphatic carbocycles. The van der Waals surface area contributed by atoms with Crippen molar-refractivity contribution in [1.82, 2.24) is 9.97 Å². The van der Waals surface area contributed by atoms with Crippen LogP contribution in [0.15, 0.2) is 87.2 Å². The van der Waals surface area contributed by atoms with E-state index in [-0.39, 0.29) is 33.2 Å². The lowest BCUT2D eigenvalue weighted by Crippen LogP contribution is -2.73. The fourth-order valence-corrected chi connectivity index (χ4v) is 9.58. The molecule has 2 N–H and O–H groups in total. The van der Waals surface area contributed by atoms with Gasteiger partial charge in [-0.1, -0.05) is 69.2 Å². The second-order valence-corrected chi connectivity index (χ2v) is 19.2. The lowest BCUT2D eigenvalue weighted by atomic mass is 9.57. The molecule has 3 aliphatic rings. The highest BCUT2D eigenvalue weighted by molar-refractivity contribution is 5.87. The van der Waals surface area contributed by atoms with E-state index in [0.717, 1.165) is 33.9 Å². The fourth-order valence-electron chi connectivity index (χ4n) is 9.58. The first-order valence-electron chi connectivity index (χ1n) is 20.1. The highest BCUT2D eigenvalue weighted by Gasteiger charge is 2.81. The molecule has 12 heteroatoms. The van der Waals surface area contributed by atoms with Crippen molar-refractivity contribution in [3.63, 3.8) is 0 Å². The molecule has 2 aromatic heterocycles. The summed E-state index contributed by atoms with van der Waals surface area (Å²) in [6.07, 6.45) is 0. The maximum atomic E-state index is 10.8. The Kier molecular flexibility index (Phi) is 9.61. The highest BCUT2D eigenvalue weighted by Crippen LogP contribution is 2.69. The second kappa shape index (κ2) is 14.0. The van der Waals surface area contributed by atoms with E-state index in [9.17, 15) is 10.2 Å². The van der Waals surface area contributed by atoms with Crippen LogP contribution in [-0.4, -0.2) is 53.2 Å². The summed E-state index contributed by atoms with van der Waals surface area (Å²) in [6.45, 7) is 22.5. The molecular weight excluding hydrogens is 765 g/mol. The van der Waals surface area contributed by atoms with Crippen molar-refractivity contribution in [2.24, 2.45) is 21.7 Å². The molecule has 2 atom stereocenters. The van der Waals surface area contributed by atoms with Gasteiger partial charge in [0, 0.05) is 38.5 Å². The molecule has 0 amide bonds. The van der Waals surface area contributed by atoms with Gasteiger partial charge in [-0.2, -0.15) is 4.89 Å². The van der Waals surface area contributed by atoms with Crippen LogP contribution in [0, 0.1) is 21.7 Å². The van der Waals surface area contributed by atoms with E-state index in [1.165, 1.54) is 5.57 Å². The summed E-state index contributed by atoms with van der Waals surface area (Å²) >= 11 is 0. The van der Waals surface area contributed by atoms with Crippen LogP contribution in [0.25, 0.3) is 50.9 Å². The third kappa shape index (κ3) is 6.38. The summed E-state index contributed by atoms with van der Waals surface area (Å²) < 4.78 is 34.8. The van der Waals surface area contributed by atoms with Crippen molar-refractivity contribution >= 4 is 28.0 Å². The Balaban J connectivity index is 0.000000167. The van der Waals surface area contributed by atoms with Gasteiger partial charge in [0.1, 0.15) is 28.8 Å². The predicted octanol–water partition coefficient (Wildman–Crippen LogP) is 11.2. The van der Waals surface area contributed by atoms with Gasteiger partial charge in [-0.25, -0.2) is 14.9 Å². The van der Waals surface area contributed by atoms with Crippen LogP contribution in [0.4, 0.5) is 0 Å². The zero-order valence-corrected chi connectivity index (χ0v) is 36.4. The smallest absolute Gasteiger partial charge is 0.261 e. The van der Waals surface area contributed by atoms with Crippen LogP contribution >= 0.6 is 0 Å². The first-order valence-corrected chi connectivity index (χ1v) is 20.1. The Morgan fingerprint density at radius 2 is 1.15 bits per heavy atom. The minimum absolute atomic E-state index is 0.00278. The summed E-state index contributed by atoms with van der Waals surface area (Å²) in [5.74, 6) is 2.11. The third-order valence-corrected chi connectivity index (χ3v) is 11.9. The first-order chi connectivity index (χ1) is 28.1. The minimum Gasteiger partial charge on any atom is -0.506 e. The van der Waals surface area contributed by atoms with Crippen LogP contribution in [0.2, 0.25) is 0 Å². The average Bonchev–Trinajstić information content (AvgIpc) is 3.92. The number of nitrogens with zero attached hydrogens (tertiary/aromatic N) is 2. The molecule has 0 spiro atoms. The lowest BCUT2D eigenvalue weighted by molar-refractivity contribution is -0.626. The Labute approximate surface area is 350 Å². The van der Waals surface area contributed by atoms with Gasteiger partial charge >= 0.3 is 0 Å². The zero-order chi connectivity index (χ0) is 43.2. The van der Waals surface area contributed by atoms with Crippen molar-refractivity contribution in [2.75, 3.05) is 27.4 Å². The molecule has 60 heavy (non-hydrogen) atoms. The number of benzene rings is 4. The molecule has 0 radical (unpaired) electrons. The molecule has 6 aromatic rings. The Bertz CT molecular complexity index is 2620. The number of hydrogen-bond acceptors (Lipinski definition) is 12. The Hall–Kier alpha value is -5.56. The van der Waals surface area contributed by atoms with Gasteiger partial charge in [0.2, 0.25) is 11.8 Å².